The summed E-state index contributed by atoms with van der Waals surface area (Å²) in [5.41, 5.74) is 4.66. The SMILES string of the molecule is Cn1c(C(=O)NCC2CCCO2)cc2c1CCN(Cc1ccccc1)C2. The van der Waals surface area contributed by atoms with Gasteiger partial charge in [-0.05, 0) is 30.0 Å². The topological polar surface area (TPSA) is 46.5 Å². The minimum atomic E-state index is 0.00649. The van der Waals surface area contributed by atoms with E-state index >= 15 is 0 Å². The molecule has 5 nitrogen and oxygen atoms in total. The van der Waals surface area contributed by atoms with Gasteiger partial charge in [0.25, 0.3) is 5.91 Å². The van der Waals surface area contributed by atoms with Crippen LogP contribution >= 0.6 is 0 Å². The van der Waals surface area contributed by atoms with E-state index in [2.05, 4.69) is 51.2 Å². The van der Waals surface area contributed by atoms with Crippen molar-refractivity contribution >= 4 is 5.91 Å². The number of carbonyl (C=O) groups excluding carboxylic acids is 1. The van der Waals surface area contributed by atoms with Crippen LogP contribution in [0.5, 0.6) is 0 Å². The van der Waals surface area contributed by atoms with E-state index in [9.17, 15) is 4.79 Å². The predicted molar refractivity (Wildman–Crippen MR) is 101 cm³/mol. The molecule has 26 heavy (non-hydrogen) atoms. The van der Waals surface area contributed by atoms with Crippen molar-refractivity contribution in [2.24, 2.45) is 7.05 Å². The van der Waals surface area contributed by atoms with Gasteiger partial charge in [0, 0.05) is 51.9 Å². The number of ether oxygens (including phenoxy) is 1. The molecule has 2 aromatic rings. The molecule has 1 N–H and O–H groups in total. The molecule has 1 aromatic heterocycles. The Hall–Kier alpha value is -2.11. The van der Waals surface area contributed by atoms with Crippen LogP contribution in [0.15, 0.2) is 36.4 Å². The van der Waals surface area contributed by atoms with Crippen molar-refractivity contribution < 1.29 is 9.53 Å². The third-order valence-corrected chi connectivity index (χ3v) is 5.50. The van der Waals surface area contributed by atoms with E-state index in [1.54, 1.807) is 0 Å². The molecule has 0 spiro atoms. The third kappa shape index (κ3) is 3.69. The van der Waals surface area contributed by atoms with Gasteiger partial charge >= 0.3 is 0 Å². The highest BCUT2D eigenvalue weighted by Crippen LogP contribution is 2.24. The smallest absolute Gasteiger partial charge is 0.268 e. The Morgan fingerprint density at radius 2 is 2.15 bits per heavy atom. The van der Waals surface area contributed by atoms with Gasteiger partial charge in [-0.3, -0.25) is 9.69 Å². The minimum absolute atomic E-state index is 0.00649. The molecular formula is C21H27N3O2. The van der Waals surface area contributed by atoms with Crippen LogP contribution < -0.4 is 5.32 Å². The van der Waals surface area contributed by atoms with Crippen molar-refractivity contribution in [3.05, 3.63) is 58.9 Å². The quantitative estimate of drug-likeness (QED) is 0.898. The van der Waals surface area contributed by atoms with E-state index in [0.717, 1.165) is 51.2 Å². The van der Waals surface area contributed by atoms with Crippen LogP contribution in [0.3, 0.4) is 0 Å². The number of amides is 1. The molecule has 2 aliphatic rings. The average molecular weight is 353 g/mol. The van der Waals surface area contributed by atoms with Gasteiger partial charge in [0.1, 0.15) is 5.69 Å². The van der Waals surface area contributed by atoms with E-state index in [-0.39, 0.29) is 12.0 Å². The summed E-state index contributed by atoms with van der Waals surface area (Å²) in [7, 11) is 2.01. The number of fused-ring (bicyclic) bond motifs is 1. The maximum atomic E-state index is 12.6. The summed E-state index contributed by atoms with van der Waals surface area (Å²) in [5, 5.41) is 3.04. The van der Waals surface area contributed by atoms with Crippen LogP contribution in [0.4, 0.5) is 0 Å². The molecule has 0 radical (unpaired) electrons. The number of hydrogen-bond donors (Lipinski definition) is 1. The van der Waals surface area contributed by atoms with Gasteiger partial charge in [-0.25, -0.2) is 0 Å². The van der Waals surface area contributed by atoms with Crippen molar-refractivity contribution in [1.29, 1.82) is 0 Å². The first-order chi connectivity index (χ1) is 12.7. The zero-order valence-electron chi connectivity index (χ0n) is 15.4. The number of benzene rings is 1. The summed E-state index contributed by atoms with van der Waals surface area (Å²) in [5.74, 6) is 0.00649. The summed E-state index contributed by atoms with van der Waals surface area (Å²) in [6, 6.07) is 12.6. The summed E-state index contributed by atoms with van der Waals surface area (Å²) >= 11 is 0. The standard InChI is InChI=1S/C21H27N3O2/c1-23-19-9-10-24(14-16-6-3-2-4-7-16)15-17(19)12-20(23)21(25)22-13-18-8-5-11-26-18/h2-4,6-7,12,18H,5,8-11,13-15H2,1H3,(H,22,25). The Labute approximate surface area is 154 Å². The van der Waals surface area contributed by atoms with Crippen molar-refractivity contribution in [2.45, 2.75) is 38.5 Å². The maximum absolute atomic E-state index is 12.6. The zero-order valence-corrected chi connectivity index (χ0v) is 15.4. The molecule has 1 amide bonds. The Balaban J connectivity index is 1.41. The Kier molecular flexibility index (Phi) is 5.09. The van der Waals surface area contributed by atoms with Crippen LogP contribution in [-0.2, 0) is 31.3 Å². The van der Waals surface area contributed by atoms with Gasteiger partial charge in [-0.2, -0.15) is 0 Å². The van der Waals surface area contributed by atoms with Gasteiger partial charge in [0.15, 0.2) is 0 Å². The average Bonchev–Trinajstić information content (AvgIpc) is 3.29. The van der Waals surface area contributed by atoms with Gasteiger partial charge < -0.3 is 14.6 Å². The van der Waals surface area contributed by atoms with Crippen molar-refractivity contribution in [3.8, 4) is 0 Å². The number of aromatic nitrogens is 1. The minimum Gasteiger partial charge on any atom is -0.376 e. The lowest BCUT2D eigenvalue weighted by Crippen LogP contribution is -2.33. The summed E-state index contributed by atoms with van der Waals surface area (Å²) in [6.07, 6.45) is 3.29. The molecular weight excluding hydrogens is 326 g/mol. The summed E-state index contributed by atoms with van der Waals surface area (Å²) in [6.45, 7) is 4.30. The first kappa shape index (κ1) is 17.3. The predicted octanol–water partition coefficient (Wildman–Crippen LogP) is 2.49. The largest absolute Gasteiger partial charge is 0.376 e. The fourth-order valence-corrected chi connectivity index (χ4v) is 4.05. The summed E-state index contributed by atoms with van der Waals surface area (Å²) < 4.78 is 7.66. The van der Waals surface area contributed by atoms with Gasteiger partial charge in [0.2, 0.25) is 0 Å². The summed E-state index contributed by atoms with van der Waals surface area (Å²) in [4.78, 5) is 15.1. The van der Waals surface area contributed by atoms with Gasteiger partial charge in [0.05, 0.1) is 6.10 Å². The fourth-order valence-electron chi connectivity index (χ4n) is 4.05. The lowest BCUT2D eigenvalue weighted by Gasteiger charge is -2.27. The van der Waals surface area contributed by atoms with Crippen LogP contribution in [-0.4, -0.2) is 41.2 Å². The zero-order chi connectivity index (χ0) is 17.9. The van der Waals surface area contributed by atoms with E-state index in [4.69, 9.17) is 4.74 Å². The molecule has 4 rings (SSSR count). The van der Waals surface area contributed by atoms with E-state index in [1.165, 1.54) is 16.8 Å². The number of nitrogens with one attached hydrogen (secondary N) is 1. The first-order valence-electron chi connectivity index (χ1n) is 9.54. The number of hydrogen-bond acceptors (Lipinski definition) is 3. The molecule has 0 bridgehead atoms. The lowest BCUT2D eigenvalue weighted by molar-refractivity contribution is 0.0851. The van der Waals surface area contributed by atoms with Gasteiger partial charge in [-0.15, -0.1) is 0 Å². The molecule has 5 heteroatoms. The highest BCUT2D eigenvalue weighted by Gasteiger charge is 2.24. The molecule has 1 saturated heterocycles. The second kappa shape index (κ2) is 7.64. The van der Waals surface area contributed by atoms with E-state index in [0.29, 0.717) is 6.54 Å². The lowest BCUT2D eigenvalue weighted by atomic mass is 10.1. The fraction of sp³-hybridized carbons (Fsp3) is 0.476. The Morgan fingerprint density at radius 1 is 1.31 bits per heavy atom. The van der Waals surface area contributed by atoms with Crippen LogP contribution in [0.1, 0.15) is 40.2 Å². The molecule has 3 heterocycles. The molecule has 138 valence electrons. The van der Waals surface area contributed by atoms with Crippen LogP contribution in [0, 0.1) is 0 Å². The van der Waals surface area contributed by atoms with E-state index in [1.807, 2.05) is 7.05 Å². The van der Waals surface area contributed by atoms with Crippen molar-refractivity contribution in [2.75, 3.05) is 19.7 Å². The van der Waals surface area contributed by atoms with E-state index < -0.39 is 0 Å². The number of carbonyl (C=O) groups is 1. The van der Waals surface area contributed by atoms with Crippen LogP contribution in [0.25, 0.3) is 0 Å². The van der Waals surface area contributed by atoms with Gasteiger partial charge in [-0.1, -0.05) is 30.3 Å². The second-order valence-electron chi connectivity index (χ2n) is 7.35. The normalized spacial score (nSPS) is 20.1. The molecule has 0 saturated carbocycles. The molecule has 2 aliphatic heterocycles. The van der Waals surface area contributed by atoms with Crippen molar-refractivity contribution in [1.82, 2.24) is 14.8 Å². The number of rotatable bonds is 5. The monoisotopic (exact) mass is 353 g/mol. The number of nitrogens with zero attached hydrogens (tertiary/aromatic N) is 2. The third-order valence-electron chi connectivity index (χ3n) is 5.50. The Morgan fingerprint density at radius 3 is 2.92 bits per heavy atom. The maximum Gasteiger partial charge on any atom is 0.268 e. The van der Waals surface area contributed by atoms with Crippen molar-refractivity contribution in [3.63, 3.8) is 0 Å². The molecule has 1 aromatic carbocycles. The highest BCUT2D eigenvalue weighted by molar-refractivity contribution is 5.93. The first-order valence-corrected chi connectivity index (χ1v) is 9.54. The highest BCUT2D eigenvalue weighted by atomic mass is 16.5. The molecule has 1 atom stereocenters. The molecule has 0 aliphatic carbocycles. The van der Waals surface area contributed by atoms with Crippen LogP contribution in [0.2, 0.25) is 0 Å². The Bertz CT molecular complexity index is 763. The second-order valence-corrected chi connectivity index (χ2v) is 7.35. The molecule has 1 unspecified atom stereocenters. The molecule has 1 fully saturated rings.